The predicted molar refractivity (Wildman–Crippen MR) is 85.3 cm³/mol. The van der Waals surface area contributed by atoms with E-state index in [0.717, 1.165) is 24.8 Å². The highest BCUT2D eigenvalue weighted by Gasteiger charge is 2.41. The van der Waals surface area contributed by atoms with E-state index < -0.39 is 12.7 Å². The van der Waals surface area contributed by atoms with Gasteiger partial charge in [-0.05, 0) is 50.8 Å². The number of rotatable bonds is 4. The Balaban J connectivity index is 1.56. The Morgan fingerprint density at radius 3 is 2.29 bits per heavy atom. The summed E-state index contributed by atoms with van der Waals surface area (Å²) in [5.41, 5.74) is 0.848. The van der Waals surface area contributed by atoms with Crippen molar-refractivity contribution in [3.8, 4) is 0 Å². The molecule has 0 bridgehead atoms. The highest BCUT2D eigenvalue weighted by molar-refractivity contribution is 5.80. The van der Waals surface area contributed by atoms with Crippen LogP contribution in [0, 0.1) is 5.92 Å². The Hall–Kier alpha value is -1.56. The monoisotopic (exact) mass is 340 g/mol. The van der Waals surface area contributed by atoms with E-state index >= 15 is 0 Å². The number of hydrogen-bond acceptors (Lipinski definition) is 2. The van der Waals surface area contributed by atoms with Crippen LogP contribution in [-0.2, 0) is 10.3 Å². The molecule has 1 saturated heterocycles. The minimum absolute atomic E-state index is 0.00906. The van der Waals surface area contributed by atoms with Crippen LogP contribution in [0.1, 0.15) is 37.7 Å². The van der Waals surface area contributed by atoms with Gasteiger partial charge in [0.1, 0.15) is 0 Å². The molecule has 24 heavy (non-hydrogen) atoms. The van der Waals surface area contributed by atoms with Crippen LogP contribution in [0.4, 0.5) is 13.2 Å². The molecule has 1 heterocycles. The van der Waals surface area contributed by atoms with E-state index in [0.29, 0.717) is 25.9 Å². The summed E-state index contributed by atoms with van der Waals surface area (Å²) in [5, 5.41) is 3.20. The van der Waals surface area contributed by atoms with E-state index in [1.54, 1.807) is 0 Å². The first-order chi connectivity index (χ1) is 11.4. The van der Waals surface area contributed by atoms with Gasteiger partial charge >= 0.3 is 6.18 Å². The first kappa shape index (κ1) is 17.3. The number of likely N-dealkylation sites (tertiary alicyclic amines) is 1. The van der Waals surface area contributed by atoms with Gasteiger partial charge in [0.25, 0.3) is 0 Å². The fraction of sp³-hybridized carbons (Fsp3) is 0.611. The van der Waals surface area contributed by atoms with Crippen molar-refractivity contribution in [3.05, 3.63) is 35.9 Å². The molecule has 0 radical (unpaired) electrons. The quantitative estimate of drug-likeness (QED) is 0.910. The molecule has 1 aliphatic carbocycles. The van der Waals surface area contributed by atoms with Crippen molar-refractivity contribution in [1.82, 2.24) is 10.2 Å². The summed E-state index contributed by atoms with van der Waals surface area (Å²) in [6.45, 7) is -0.221. The standard InChI is InChI=1S/C18H23F3N2O/c19-18(20,21)13-23-11-7-14(8-12-23)16(24)22-17(9-4-10-17)15-5-2-1-3-6-15/h1-3,5-6,14H,4,7-13H2,(H,22,24). The van der Waals surface area contributed by atoms with Gasteiger partial charge in [0, 0.05) is 5.92 Å². The lowest BCUT2D eigenvalue weighted by molar-refractivity contribution is -0.149. The van der Waals surface area contributed by atoms with Gasteiger partial charge in [-0.1, -0.05) is 30.3 Å². The van der Waals surface area contributed by atoms with Gasteiger partial charge in [0.15, 0.2) is 0 Å². The second-order valence-electron chi connectivity index (χ2n) is 6.96. The molecular formula is C18H23F3N2O. The molecular weight excluding hydrogens is 317 g/mol. The lowest BCUT2D eigenvalue weighted by Crippen LogP contribution is -2.53. The van der Waals surface area contributed by atoms with E-state index in [-0.39, 0.29) is 17.4 Å². The topological polar surface area (TPSA) is 32.3 Å². The van der Waals surface area contributed by atoms with Crippen molar-refractivity contribution in [3.63, 3.8) is 0 Å². The molecule has 1 saturated carbocycles. The van der Waals surface area contributed by atoms with Crippen LogP contribution in [0.25, 0.3) is 0 Å². The molecule has 0 spiro atoms. The van der Waals surface area contributed by atoms with Crippen LogP contribution >= 0.6 is 0 Å². The number of benzene rings is 1. The molecule has 6 heteroatoms. The summed E-state index contributed by atoms with van der Waals surface area (Å²) in [5.74, 6) is -0.194. The van der Waals surface area contributed by atoms with E-state index in [1.807, 2.05) is 30.3 Å². The first-order valence-corrected chi connectivity index (χ1v) is 8.55. The van der Waals surface area contributed by atoms with Crippen molar-refractivity contribution in [2.24, 2.45) is 5.92 Å². The summed E-state index contributed by atoms with van der Waals surface area (Å²) in [6.07, 6.45) is -0.248. The summed E-state index contributed by atoms with van der Waals surface area (Å²) >= 11 is 0. The van der Waals surface area contributed by atoms with Gasteiger partial charge in [-0.2, -0.15) is 13.2 Å². The Morgan fingerprint density at radius 2 is 1.79 bits per heavy atom. The molecule has 3 rings (SSSR count). The number of carbonyl (C=O) groups excluding carboxylic acids is 1. The number of carbonyl (C=O) groups is 1. The van der Waals surface area contributed by atoms with Crippen molar-refractivity contribution < 1.29 is 18.0 Å². The third-order valence-electron chi connectivity index (χ3n) is 5.26. The molecule has 1 N–H and O–H groups in total. The van der Waals surface area contributed by atoms with E-state index in [1.165, 1.54) is 4.90 Å². The highest BCUT2D eigenvalue weighted by atomic mass is 19.4. The molecule has 1 amide bonds. The van der Waals surface area contributed by atoms with E-state index in [9.17, 15) is 18.0 Å². The maximum Gasteiger partial charge on any atom is 0.401 e. The summed E-state index contributed by atoms with van der Waals surface area (Å²) in [4.78, 5) is 14.0. The molecule has 3 nitrogen and oxygen atoms in total. The SMILES string of the molecule is O=C(NC1(c2ccccc2)CCC1)C1CCN(CC(F)(F)F)CC1. The number of nitrogens with zero attached hydrogens (tertiary/aromatic N) is 1. The highest BCUT2D eigenvalue weighted by Crippen LogP contribution is 2.41. The fourth-order valence-electron chi connectivity index (χ4n) is 3.72. The van der Waals surface area contributed by atoms with Crippen LogP contribution in [0.3, 0.4) is 0 Å². The number of hydrogen-bond donors (Lipinski definition) is 1. The summed E-state index contributed by atoms with van der Waals surface area (Å²) in [6, 6.07) is 9.96. The zero-order chi connectivity index (χ0) is 17.2. The second kappa shape index (κ2) is 6.75. The van der Waals surface area contributed by atoms with Gasteiger partial charge in [-0.3, -0.25) is 9.69 Å². The zero-order valence-electron chi connectivity index (χ0n) is 13.6. The molecule has 1 aromatic carbocycles. The number of halogens is 3. The zero-order valence-corrected chi connectivity index (χ0v) is 13.6. The molecule has 132 valence electrons. The maximum atomic E-state index is 12.6. The van der Waals surface area contributed by atoms with Crippen LogP contribution < -0.4 is 5.32 Å². The largest absolute Gasteiger partial charge is 0.401 e. The third-order valence-corrected chi connectivity index (χ3v) is 5.26. The molecule has 1 aromatic rings. The van der Waals surface area contributed by atoms with Gasteiger partial charge in [-0.15, -0.1) is 0 Å². The molecule has 0 atom stereocenters. The normalized spacial score (nSPS) is 22.0. The molecule has 2 fully saturated rings. The third kappa shape index (κ3) is 3.91. The lowest BCUT2D eigenvalue weighted by Gasteiger charge is -2.44. The molecule has 0 aromatic heterocycles. The lowest BCUT2D eigenvalue weighted by atomic mass is 9.71. The van der Waals surface area contributed by atoms with Gasteiger partial charge < -0.3 is 5.32 Å². The van der Waals surface area contributed by atoms with Crippen molar-refractivity contribution in [2.45, 2.75) is 43.8 Å². The minimum Gasteiger partial charge on any atom is -0.346 e. The smallest absolute Gasteiger partial charge is 0.346 e. The van der Waals surface area contributed by atoms with Gasteiger partial charge in [0.05, 0.1) is 12.1 Å². The van der Waals surface area contributed by atoms with Crippen molar-refractivity contribution >= 4 is 5.91 Å². The number of amides is 1. The van der Waals surface area contributed by atoms with Crippen molar-refractivity contribution in [1.29, 1.82) is 0 Å². The number of alkyl halides is 3. The predicted octanol–water partition coefficient (Wildman–Crippen LogP) is 3.46. The summed E-state index contributed by atoms with van der Waals surface area (Å²) in [7, 11) is 0. The fourth-order valence-corrected chi connectivity index (χ4v) is 3.72. The second-order valence-corrected chi connectivity index (χ2v) is 6.96. The van der Waals surface area contributed by atoms with Gasteiger partial charge in [0.2, 0.25) is 5.91 Å². The van der Waals surface area contributed by atoms with Crippen LogP contribution in [0.15, 0.2) is 30.3 Å². The number of nitrogens with one attached hydrogen (secondary N) is 1. The first-order valence-electron chi connectivity index (χ1n) is 8.55. The van der Waals surface area contributed by atoms with E-state index in [4.69, 9.17) is 0 Å². The van der Waals surface area contributed by atoms with Crippen LogP contribution in [0.5, 0.6) is 0 Å². The molecule has 0 unspecified atom stereocenters. The maximum absolute atomic E-state index is 12.6. The Morgan fingerprint density at radius 1 is 1.17 bits per heavy atom. The van der Waals surface area contributed by atoms with Crippen LogP contribution in [-0.4, -0.2) is 36.6 Å². The van der Waals surface area contributed by atoms with E-state index in [2.05, 4.69) is 5.32 Å². The minimum atomic E-state index is -4.17. The Kier molecular flexibility index (Phi) is 4.85. The Labute approximate surface area is 140 Å². The average molecular weight is 340 g/mol. The molecule has 1 aliphatic heterocycles. The summed E-state index contributed by atoms with van der Waals surface area (Å²) < 4.78 is 37.3. The van der Waals surface area contributed by atoms with Crippen molar-refractivity contribution in [2.75, 3.05) is 19.6 Å². The number of piperidine rings is 1. The van der Waals surface area contributed by atoms with Crippen LogP contribution in [0.2, 0.25) is 0 Å². The van der Waals surface area contributed by atoms with Gasteiger partial charge in [-0.25, -0.2) is 0 Å². The molecule has 2 aliphatic rings. The average Bonchev–Trinajstić information content (AvgIpc) is 2.51. The Bertz CT molecular complexity index is 561.